The van der Waals surface area contributed by atoms with Crippen molar-refractivity contribution >= 4 is 0 Å². The van der Waals surface area contributed by atoms with E-state index in [9.17, 15) is 0 Å². The van der Waals surface area contributed by atoms with Gasteiger partial charge < -0.3 is 11.1 Å². The van der Waals surface area contributed by atoms with Gasteiger partial charge in [0.15, 0.2) is 0 Å². The van der Waals surface area contributed by atoms with Gasteiger partial charge in [-0.25, -0.2) is 0 Å². The molecule has 0 aliphatic heterocycles. The Balaban J connectivity index is 2.98. The number of rotatable bonds is 4. The molecule has 0 bridgehead atoms. The lowest BCUT2D eigenvalue weighted by molar-refractivity contribution is 0.663. The SMILES string of the molecule is C=C[C@@H](N)CNCC. The van der Waals surface area contributed by atoms with Crippen LogP contribution in [0.1, 0.15) is 6.92 Å². The standard InChI is InChI=1S/C6H14N2/c1-3-6(7)5-8-4-2/h3,6,8H,1,4-5,7H2,2H3/t6-/m1/s1. The molecule has 0 amide bonds. The summed E-state index contributed by atoms with van der Waals surface area (Å²) in [6.45, 7) is 7.41. The topological polar surface area (TPSA) is 38.0 Å². The first-order valence-corrected chi connectivity index (χ1v) is 2.90. The molecular weight excluding hydrogens is 100 g/mol. The van der Waals surface area contributed by atoms with Crippen LogP contribution < -0.4 is 11.1 Å². The van der Waals surface area contributed by atoms with E-state index >= 15 is 0 Å². The highest BCUT2D eigenvalue weighted by Gasteiger charge is 1.90. The molecule has 0 radical (unpaired) electrons. The van der Waals surface area contributed by atoms with Crippen LogP contribution in [0, 0.1) is 0 Å². The fourth-order valence-electron chi connectivity index (χ4n) is 0.394. The molecule has 0 aromatic carbocycles. The Bertz CT molecular complexity index is 61.5. The maximum absolute atomic E-state index is 5.48. The molecule has 0 aliphatic carbocycles. The van der Waals surface area contributed by atoms with Crippen molar-refractivity contribution in [1.29, 1.82) is 0 Å². The average Bonchev–Trinajstić information content (AvgIpc) is 1.83. The van der Waals surface area contributed by atoms with Crippen molar-refractivity contribution in [3.8, 4) is 0 Å². The summed E-state index contributed by atoms with van der Waals surface area (Å²) >= 11 is 0. The van der Waals surface area contributed by atoms with Gasteiger partial charge in [-0.3, -0.25) is 0 Å². The highest BCUT2D eigenvalue weighted by molar-refractivity contribution is 4.83. The molecular formula is C6H14N2. The first-order chi connectivity index (χ1) is 3.81. The summed E-state index contributed by atoms with van der Waals surface area (Å²) < 4.78 is 0. The van der Waals surface area contributed by atoms with Crippen LogP contribution in [0.25, 0.3) is 0 Å². The first kappa shape index (κ1) is 7.66. The van der Waals surface area contributed by atoms with Crippen LogP contribution in [-0.2, 0) is 0 Å². The van der Waals surface area contributed by atoms with Gasteiger partial charge in [0.1, 0.15) is 0 Å². The molecule has 0 heterocycles. The average molecular weight is 114 g/mol. The number of likely N-dealkylation sites (N-methyl/N-ethyl adjacent to an activating group) is 1. The third-order valence-corrected chi connectivity index (χ3v) is 0.933. The van der Waals surface area contributed by atoms with Gasteiger partial charge in [0, 0.05) is 12.6 Å². The van der Waals surface area contributed by atoms with E-state index in [0.717, 1.165) is 13.1 Å². The van der Waals surface area contributed by atoms with Gasteiger partial charge in [-0.15, -0.1) is 6.58 Å². The fourth-order valence-corrected chi connectivity index (χ4v) is 0.394. The Morgan fingerprint density at radius 1 is 1.88 bits per heavy atom. The van der Waals surface area contributed by atoms with Crippen LogP contribution in [-0.4, -0.2) is 19.1 Å². The molecule has 3 N–H and O–H groups in total. The highest BCUT2D eigenvalue weighted by atomic mass is 14.9. The summed E-state index contributed by atoms with van der Waals surface area (Å²) in [5.74, 6) is 0. The fraction of sp³-hybridized carbons (Fsp3) is 0.667. The summed E-state index contributed by atoms with van der Waals surface area (Å²) in [6, 6.07) is 0.106. The summed E-state index contributed by atoms with van der Waals surface area (Å²) in [4.78, 5) is 0. The number of nitrogens with one attached hydrogen (secondary N) is 1. The molecule has 0 saturated carbocycles. The zero-order chi connectivity index (χ0) is 6.41. The van der Waals surface area contributed by atoms with Crippen molar-refractivity contribution in [1.82, 2.24) is 5.32 Å². The Kier molecular flexibility index (Phi) is 4.61. The molecule has 8 heavy (non-hydrogen) atoms. The summed E-state index contributed by atoms with van der Waals surface area (Å²) in [5.41, 5.74) is 5.48. The molecule has 0 unspecified atom stereocenters. The van der Waals surface area contributed by atoms with Crippen molar-refractivity contribution in [3.63, 3.8) is 0 Å². The van der Waals surface area contributed by atoms with Gasteiger partial charge in [-0.05, 0) is 6.54 Å². The molecule has 48 valence electrons. The van der Waals surface area contributed by atoms with Gasteiger partial charge in [0.05, 0.1) is 0 Å². The second kappa shape index (κ2) is 4.81. The predicted octanol–water partition coefficient (Wildman–Crippen LogP) is 0.109. The molecule has 0 aromatic heterocycles. The van der Waals surface area contributed by atoms with Crippen LogP contribution in [0.5, 0.6) is 0 Å². The Morgan fingerprint density at radius 3 is 2.88 bits per heavy atom. The number of hydrogen-bond acceptors (Lipinski definition) is 2. The van der Waals surface area contributed by atoms with Gasteiger partial charge in [0.2, 0.25) is 0 Å². The van der Waals surface area contributed by atoms with Crippen LogP contribution in [0.2, 0.25) is 0 Å². The van der Waals surface area contributed by atoms with E-state index in [0.29, 0.717) is 0 Å². The lowest BCUT2D eigenvalue weighted by atomic mass is 10.3. The van der Waals surface area contributed by atoms with E-state index in [1.807, 2.05) is 0 Å². The smallest absolute Gasteiger partial charge is 0.0348 e. The molecule has 2 nitrogen and oxygen atoms in total. The summed E-state index contributed by atoms with van der Waals surface area (Å²) in [7, 11) is 0. The van der Waals surface area contributed by atoms with Crippen LogP contribution >= 0.6 is 0 Å². The second-order valence-electron chi connectivity index (χ2n) is 1.71. The minimum Gasteiger partial charge on any atom is -0.323 e. The Hall–Kier alpha value is -0.340. The van der Waals surface area contributed by atoms with Crippen molar-refractivity contribution < 1.29 is 0 Å². The predicted molar refractivity (Wildman–Crippen MR) is 36.7 cm³/mol. The molecule has 0 spiro atoms. The van der Waals surface area contributed by atoms with E-state index in [2.05, 4.69) is 18.8 Å². The minimum atomic E-state index is 0.106. The third-order valence-electron chi connectivity index (χ3n) is 0.933. The normalized spacial score (nSPS) is 13.2. The maximum Gasteiger partial charge on any atom is 0.0348 e. The molecule has 0 saturated heterocycles. The van der Waals surface area contributed by atoms with E-state index in [1.165, 1.54) is 0 Å². The lowest BCUT2D eigenvalue weighted by Crippen LogP contribution is -2.31. The van der Waals surface area contributed by atoms with Gasteiger partial charge >= 0.3 is 0 Å². The Labute approximate surface area is 50.8 Å². The summed E-state index contributed by atoms with van der Waals surface area (Å²) in [6.07, 6.45) is 1.74. The quantitative estimate of drug-likeness (QED) is 0.509. The van der Waals surface area contributed by atoms with Crippen LogP contribution in [0.15, 0.2) is 12.7 Å². The summed E-state index contributed by atoms with van der Waals surface area (Å²) in [5, 5.41) is 3.10. The monoisotopic (exact) mass is 114 g/mol. The first-order valence-electron chi connectivity index (χ1n) is 2.90. The van der Waals surface area contributed by atoms with Gasteiger partial charge in [0.25, 0.3) is 0 Å². The van der Waals surface area contributed by atoms with E-state index in [1.54, 1.807) is 6.08 Å². The van der Waals surface area contributed by atoms with Crippen molar-refractivity contribution in [2.24, 2.45) is 5.73 Å². The molecule has 2 heteroatoms. The molecule has 0 aromatic rings. The second-order valence-corrected chi connectivity index (χ2v) is 1.71. The number of hydrogen-bond donors (Lipinski definition) is 2. The molecule has 0 rings (SSSR count). The van der Waals surface area contributed by atoms with E-state index in [4.69, 9.17) is 5.73 Å². The number of nitrogens with two attached hydrogens (primary N) is 1. The molecule has 0 aliphatic rings. The molecule has 1 atom stereocenters. The van der Waals surface area contributed by atoms with E-state index < -0.39 is 0 Å². The maximum atomic E-state index is 5.48. The van der Waals surface area contributed by atoms with Crippen LogP contribution in [0.4, 0.5) is 0 Å². The molecule has 0 fully saturated rings. The van der Waals surface area contributed by atoms with Crippen LogP contribution in [0.3, 0.4) is 0 Å². The largest absolute Gasteiger partial charge is 0.323 e. The highest BCUT2D eigenvalue weighted by Crippen LogP contribution is 1.72. The Morgan fingerprint density at radius 2 is 2.50 bits per heavy atom. The third kappa shape index (κ3) is 3.84. The van der Waals surface area contributed by atoms with Crippen molar-refractivity contribution in [2.45, 2.75) is 13.0 Å². The lowest BCUT2D eigenvalue weighted by Gasteiger charge is -2.04. The van der Waals surface area contributed by atoms with E-state index in [-0.39, 0.29) is 6.04 Å². The minimum absolute atomic E-state index is 0.106. The van der Waals surface area contributed by atoms with Crippen molar-refractivity contribution in [2.75, 3.05) is 13.1 Å². The zero-order valence-electron chi connectivity index (χ0n) is 5.35. The van der Waals surface area contributed by atoms with Gasteiger partial charge in [-0.1, -0.05) is 13.0 Å². The van der Waals surface area contributed by atoms with Crippen molar-refractivity contribution in [3.05, 3.63) is 12.7 Å². The zero-order valence-corrected chi connectivity index (χ0v) is 5.35. The van der Waals surface area contributed by atoms with Gasteiger partial charge in [-0.2, -0.15) is 0 Å².